The minimum absolute atomic E-state index is 0.170. The molecule has 0 heterocycles. The highest BCUT2D eigenvalue weighted by molar-refractivity contribution is 5.89. The molecule has 0 spiro atoms. The number of esters is 1. The highest BCUT2D eigenvalue weighted by atomic mass is 16.5. The summed E-state index contributed by atoms with van der Waals surface area (Å²) >= 11 is 0. The summed E-state index contributed by atoms with van der Waals surface area (Å²) in [6.07, 6.45) is 0.427. The standard InChI is InChI=1S/C30H43N3O6/c1-16(34)39-22-15-28(3)19(23(22)18(26(37)38)13-17-7-5-4-6-8-17)14-21(36)24-27(2)10-9-20(35)25(31)30(27,33)12-11-29(24,28)32/h4-8,19-22,24-25,35-36H,9-15,31-33H2,1-3H3,(H,37,38)/b23-18-/t19-,20+,21+,22-,24-,25+,27+,28-,29+,30+/m0/s1. The normalized spacial score (nSPS) is 46.5. The Labute approximate surface area is 229 Å². The quantitative estimate of drug-likeness (QED) is 0.244. The number of ether oxygens (including phenoxy) is 1. The van der Waals surface area contributed by atoms with Crippen LogP contribution in [0.25, 0.3) is 0 Å². The largest absolute Gasteiger partial charge is 0.478 e. The molecule has 0 amide bonds. The van der Waals surface area contributed by atoms with Gasteiger partial charge in [-0.05, 0) is 66.4 Å². The van der Waals surface area contributed by atoms with Crippen LogP contribution in [0.5, 0.6) is 0 Å². The fraction of sp³-hybridized carbons (Fsp3) is 0.667. The second-order valence-corrected chi connectivity index (χ2v) is 13.1. The maximum Gasteiger partial charge on any atom is 0.332 e. The zero-order valence-corrected chi connectivity index (χ0v) is 23.1. The molecular formula is C30H43N3O6. The first-order valence-electron chi connectivity index (χ1n) is 14.1. The lowest BCUT2D eigenvalue weighted by Crippen LogP contribution is -2.82. The zero-order chi connectivity index (χ0) is 28.5. The number of hydrogen-bond acceptors (Lipinski definition) is 8. The zero-order valence-electron chi connectivity index (χ0n) is 23.1. The smallest absolute Gasteiger partial charge is 0.332 e. The van der Waals surface area contributed by atoms with Crippen molar-refractivity contribution in [2.45, 2.75) is 101 Å². The van der Waals surface area contributed by atoms with Gasteiger partial charge in [-0.15, -0.1) is 0 Å². The third-order valence-corrected chi connectivity index (χ3v) is 11.4. The number of rotatable bonds is 4. The topological polar surface area (TPSA) is 182 Å². The molecule has 0 aromatic heterocycles. The van der Waals surface area contributed by atoms with Gasteiger partial charge in [0.05, 0.1) is 12.2 Å². The number of aliphatic carboxylic acids is 1. The molecule has 39 heavy (non-hydrogen) atoms. The number of benzene rings is 1. The molecule has 4 aliphatic rings. The van der Waals surface area contributed by atoms with Gasteiger partial charge in [-0.2, -0.15) is 0 Å². The monoisotopic (exact) mass is 541 g/mol. The van der Waals surface area contributed by atoms with E-state index in [9.17, 15) is 24.9 Å². The molecule has 0 unspecified atom stereocenters. The lowest BCUT2D eigenvalue weighted by atomic mass is 9.37. The molecule has 0 aliphatic heterocycles. The number of fused-ring (bicyclic) bond motifs is 5. The van der Waals surface area contributed by atoms with E-state index in [4.69, 9.17) is 21.9 Å². The number of hydrogen-bond donors (Lipinski definition) is 6. The number of carboxylic acid groups (broad SMARTS) is 1. The Bertz CT molecular complexity index is 1190. The van der Waals surface area contributed by atoms with Gasteiger partial charge in [0.1, 0.15) is 6.10 Å². The van der Waals surface area contributed by atoms with E-state index >= 15 is 0 Å². The van der Waals surface area contributed by atoms with Crippen LogP contribution in [-0.2, 0) is 20.7 Å². The molecule has 10 atom stereocenters. The second-order valence-electron chi connectivity index (χ2n) is 13.1. The molecule has 4 saturated carbocycles. The van der Waals surface area contributed by atoms with E-state index in [0.29, 0.717) is 37.7 Å². The Kier molecular flexibility index (Phi) is 6.79. The van der Waals surface area contributed by atoms with Crippen molar-refractivity contribution in [1.82, 2.24) is 0 Å². The van der Waals surface area contributed by atoms with E-state index in [1.54, 1.807) is 0 Å². The van der Waals surface area contributed by atoms with Crippen molar-refractivity contribution < 1.29 is 29.6 Å². The summed E-state index contributed by atoms with van der Waals surface area (Å²) in [6, 6.07) is 8.70. The van der Waals surface area contributed by atoms with Crippen LogP contribution in [0.2, 0.25) is 0 Å². The summed E-state index contributed by atoms with van der Waals surface area (Å²) in [5.74, 6) is -2.38. The molecule has 1 aromatic carbocycles. The molecule has 0 saturated heterocycles. The molecule has 4 aliphatic carbocycles. The summed E-state index contributed by atoms with van der Waals surface area (Å²) < 4.78 is 5.82. The van der Waals surface area contributed by atoms with Crippen molar-refractivity contribution in [2.75, 3.05) is 0 Å². The van der Waals surface area contributed by atoms with Gasteiger partial charge < -0.3 is 37.3 Å². The average molecular weight is 542 g/mol. The van der Waals surface area contributed by atoms with Crippen molar-refractivity contribution in [3.8, 4) is 0 Å². The molecule has 0 radical (unpaired) electrons. The van der Waals surface area contributed by atoms with Gasteiger partial charge in [0.15, 0.2) is 0 Å². The Morgan fingerprint density at radius 1 is 1.00 bits per heavy atom. The van der Waals surface area contributed by atoms with Crippen LogP contribution in [0.3, 0.4) is 0 Å². The summed E-state index contributed by atoms with van der Waals surface area (Å²) in [4.78, 5) is 25.0. The second kappa shape index (κ2) is 9.38. The van der Waals surface area contributed by atoms with Gasteiger partial charge in [-0.25, -0.2) is 4.79 Å². The number of carbonyl (C=O) groups excluding carboxylic acids is 1. The number of aliphatic hydroxyl groups is 2. The first-order chi connectivity index (χ1) is 18.2. The van der Waals surface area contributed by atoms with Crippen LogP contribution < -0.4 is 17.2 Å². The van der Waals surface area contributed by atoms with Crippen LogP contribution in [-0.4, -0.2) is 62.7 Å². The highest BCUT2D eigenvalue weighted by Gasteiger charge is 2.74. The molecule has 214 valence electrons. The minimum Gasteiger partial charge on any atom is -0.478 e. The average Bonchev–Trinajstić information content (AvgIpc) is 3.14. The van der Waals surface area contributed by atoms with E-state index < -0.39 is 70.0 Å². The predicted molar refractivity (Wildman–Crippen MR) is 145 cm³/mol. The molecule has 9 N–H and O–H groups in total. The molecule has 4 fully saturated rings. The Morgan fingerprint density at radius 2 is 1.64 bits per heavy atom. The van der Waals surface area contributed by atoms with Crippen LogP contribution in [0.1, 0.15) is 64.9 Å². The van der Waals surface area contributed by atoms with Crippen molar-refractivity contribution >= 4 is 11.9 Å². The van der Waals surface area contributed by atoms with Gasteiger partial charge in [-0.3, -0.25) is 4.79 Å². The third kappa shape index (κ3) is 3.92. The summed E-state index contributed by atoms with van der Waals surface area (Å²) in [5.41, 5.74) is 19.4. The number of carbonyl (C=O) groups is 2. The van der Waals surface area contributed by atoms with Crippen molar-refractivity contribution in [2.24, 2.45) is 39.9 Å². The van der Waals surface area contributed by atoms with E-state index in [-0.39, 0.29) is 18.4 Å². The van der Waals surface area contributed by atoms with Crippen molar-refractivity contribution in [3.63, 3.8) is 0 Å². The van der Waals surface area contributed by atoms with E-state index in [1.807, 2.05) is 37.3 Å². The Hall–Kier alpha value is -2.30. The fourth-order valence-corrected chi connectivity index (χ4v) is 9.32. The van der Waals surface area contributed by atoms with Gasteiger partial charge >= 0.3 is 11.9 Å². The molecule has 5 rings (SSSR count). The fourth-order valence-electron chi connectivity index (χ4n) is 9.32. The van der Waals surface area contributed by atoms with Crippen molar-refractivity contribution in [3.05, 3.63) is 47.0 Å². The van der Waals surface area contributed by atoms with Gasteiger partial charge in [-0.1, -0.05) is 44.2 Å². The number of aliphatic hydroxyl groups excluding tert-OH is 2. The summed E-state index contributed by atoms with van der Waals surface area (Å²) in [7, 11) is 0. The lowest BCUT2D eigenvalue weighted by Gasteiger charge is -2.71. The SMILES string of the molecule is CC(=O)O[C@H]1C[C@@]2(C)[C@@H](C[C@@H](O)[C@@H]3[C@]2(N)CC[C@@]2(N)[C@H](N)[C@H](O)CC[C@]32C)/C1=C(\Cc1ccccc1)C(=O)O. The third-order valence-electron chi connectivity index (χ3n) is 11.4. The molecule has 9 heteroatoms. The van der Waals surface area contributed by atoms with E-state index in [2.05, 4.69) is 6.92 Å². The molecule has 9 nitrogen and oxygen atoms in total. The Balaban J connectivity index is 1.65. The maximum absolute atomic E-state index is 12.7. The summed E-state index contributed by atoms with van der Waals surface area (Å²) in [6.45, 7) is 5.44. The summed E-state index contributed by atoms with van der Waals surface area (Å²) in [5, 5.41) is 32.9. The predicted octanol–water partition coefficient (Wildman–Crippen LogP) is 1.63. The molecule has 0 bridgehead atoms. The molecule has 1 aromatic rings. The van der Waals surface area contributed by atoms with Gasteiger partial charge in [0.25, 0.3) is 0 Å². The van der Waals surface area contributed by atoms with Crippen LogP contribution in [0, 0.1) is 22.7 Å². The maximum atomic E-state index is 12.7. The first kappa shape index (κ1) is 28.2. The lowest BCUT2D eigenvalue weighted by molar-refractivity contribution is -0.201. The van der Waals surface area contributed by atoms with Crippen LogP contribution in [0.15, 0.2) is 41.5 Å². The minimum atomic E-state index is -1.07. The van der Waals surface area contributed by atoms with E-state index in [0.717, 1.165) is 5.56 Å². The van der Waals surface area contributed by atoms with Crippen LogP contribution >= 0.6 is 0 Å². The van der Waals surface area contributed by atoms with E-state index in [1.165, 1.54) is 6.92 Å². The number of carboxylic acids is 1. The Morgan fingerprint density at radius 3 is 2.26 bits per heavy atom. The molecular weight excluding hydrogens is 498 g/mol. The first-order valence-corrected chi connectivity index (χ1v) is 14.1. The highest BCUT2D eigenvalue weighted by Crippen LogP contribution is 2.69. The van der Waals surface area contributed by atoms with Gasteiger partial charge in [0.2, 0.25) is 0 Å². The van der Waals surface area contributed by atoms with Gasteiger partial charge in [0, 0.05) is 42.0 Å². The number of nitrogens with two attached hydrogens (primary N) is 3. The van der Waals surface area contributed by atoms with Crippen LogP contribution in [0.4, 0.5) is 0 Å². The van der Waals surface area contributed by atoms with Crippen molar-refractivity contribution in [1.29, 1.82) is 0 Å².